The van der Waals surface area contributed by atoms with Crippen molar-refractivity contribution in [2.45, 2.75) is 39.8 Å². The summed E-state index contributed by atoms with van der Waals surface area (Å²) in [5.74, 6) is 0.551. The number of thiophene rings is 1. The summed E-state index contributed by atoms with van der Waals surface area (Å²) >= 11 is 5.29. The smallest absolute Gasteiger partial charge is 0.0667 e. The Kier molecular flexibility index (Phi) is 5.97. The fraction of sp³-hybridized carbons (Fsp3) is 0.667. The fourth-order valence-corrected chi connectivity index (χ4v) is 3.17. The average Bonchev–Trinajstić information content (AvgIpc) is 2.44. The Balaban J connectivity index is 2.25. The van der Waals surface area contributed by atoms with Crippen LogP contribution in [0.5, 0.6) is 0 Å². The van der Waals surface area contributed by atoms with Crippen LogP contribution in [0.1, 0.15) is 30.0 Å². The lowest BCUT2D eigenvalue weighted by molar-refractivity contribution is 0.146. The quantitative estimate of drug-likeness (QED) is 0.845. The molecule has 1 aromatic rings. The van der Waals surface area contributed by atoms with E-state index in [9.17, 15) is 5.11 Å². The minimum atomic E-state index is -0.232. The van der Waals surface area contributed by atoms with Gasteiger partial charge in [0.2, 0.25) is 0 Å². The average molecular weight is 306 g/mol. The van der Waals surface area contributed by atoms with Gasteiger partial charge in [-0.05, 0) is 41.3 Å². The van der Waals surface area contributed by atoms with E-state index in [1.54, 1.807) is 11.3 Å². The van der Waals surface area contributed by atoms with Crippen molar-refractivity contribution in [2.75, 3.05) is 6.54 Å². The third-order valence-corrected chi connectivity index (χ3v) is 4.47. The first kappa shape index (κ1) is 14.2. The predicted octanol–water partition coefficient (Wildman–Crippen LogP) is 3.32. The Morgan fingerprint density at radius 1 is 1.50 bits per heavy atom. The second-order valence-electron chi connectivity index (χ2n) is 4.53. The number of hydrogen-bond donors (Lipinski definition) is 2. The zero-order valence-corrected chi connectivity index (χ0v) is 12.5. The van der Waals surface area contributed by atoms with Gasteiger partial charge in [-0.2, -0.15) is 0 Å². The van der Waals surface area contributed by atoms with Crippen LogP contribution in [0.4, 0.5) is 0 Å². The van der Waals surface area contributed by atoms with Gasteiger partial charge in [-0.15, -0.1) is 11.3 Å². The molecule has 0 saturated heterocycles. The highest BCUT2D eigenvalue weighted by atomic mass is 79.9. The van der Waals surface area contributed by atoms with Gasteiger partial charge >= 0.3 is 0 Å². The monoisotopic (exact) mass is 305 g/mol. The van der Waals surface area contributed by atoms with E-state index in [0.29, 0.717) is 12.5 Å². The maximum absolute atomic E-state index is 9.69. The minimum absolute atomic E-state index is 0.232. The van der Waals surface area contributed by atoms with Crippen molar-refractivity contribution < 1.29 is 5.11 Å². The Labute approximate surface area is 110 Å². The van der Waals surface area contributed by atoms with Crippen molar-refractivity contribution >= 4 is 27.3 Å². The molecule has 0 aliphatic heterocycles. The lowest BCUT2D eigenvalue weighted by atomic mass is 10.1. The number of aliphatic hydroxyl groups is 1. The van der Waals surface area contributed by atoms with Gasteiger partial charge in [0.15, 0.2) is 0 Å². The molecule has 2 nitrogen and oxygen atoms in total. The zero-order valence-electron chi connectivity index (χ0n) is 10.1. The lowest BCUT2D eigenvalue weighted by Crippen LogP contribution is -2.27. The normalized spacial score (nSPS) is 13.4. The summed E-state index contributed by atoms with van der Waals surface area (Å²) in [4.78, 5) is 2.61. The molecule has 1 heterocycles. The highest BCUT2D eigenvalue weighted by Crippen LogP contribution is 2.26. The largest absolute Gasteiger partial charge is 0.392 e. The summed E-state index contributed by atoms with van der Waals surface area (Å²) in [6.07, 6.45) is 0.629. The second-order valence-corrected chi connectivity index (χ2v) is 6.73. The molecule has 2 N–H and O–H groups in total. The number of rotatable bonds is 6. The van der Waals surface area contributed by atoms with Crippen molar-refractivity contribution in [1.29, 1.82) is 0 Å². The second kappa shape index (κ2) is 6.74. The molecule has 16 heavy (non-hydrogen) atoms. The third-order valence-electron chi connectivity index (χ3n) is 2.33. The molecule has 0 fully saturated rings. The molecule has 0 aliphatic carbocycles. The molecular weight excluding hydrogens is 286 g/mol. The summed E-state index contributed by atoms with van der Waals surface area (Å²) in [5.41, 5.74) is 0. The van der Waals surface area contributed by atoms with Crippen LogP contribution in [0.25, 0.3) is 0 Å². The van der Waals surface area contributed by atoms with E-state index in [1.165, 1.54) is 14.2 Å². The molecule has 1 rings (SSSR count). The summed E-state index contributed by atoms with van der Waals surface area (Å²) < 4.78 is 1.18. The van der Waals surface area contributed by atoms with Gasteiger partial charge in [-0.3, -0.25) is 0 Å². The summed E-state index contributed by atoms with van der Waals surface area (Å²) in [5, 5.41) is 13.0. The molecule has 4 heteroatoms. The molecule has 1 atom stereocenters. The van der Waals surface area contributed by atoms with Gasteiger partial charge < -0.3 is 10.4 Å². The maximum Gasteiger partial charge on any atom is 0.0667 e. The number of halogens is 1. The molecule has 0 aromatic carbocycles. The highest BCUT2D eigenvalue weighted by molar-refractivity contribution is 9.10. The minimum Gasteiger partial charge on any atom is -0.392 e. The van der Waals surface area contributed by atoms with E-state index in [1.807, 2.05) is 0 Å². The number of aryl methyl sites for hydroxylation is 1. The molecule has 0 amide bonds. The van der Waals surface area contributed by atoms with Gasteiger partial charge in [0.25, 0.3) is 0 Å². The van der Waals surface area contributed by atoms with Crippen LogP contribution in [-0.4, -0.2) is 17.8 Å². The Morgan fingerprint density at radius 2 is 2.19 bits per heavy atom. The van der Waals surface area contributed by atoms with Gasteiger partial charge in [0, 0.05) is 27.3 Å². The first-order valence-corrected chi connectivity index (χ1v) is 7.23. The maximum atomic E-state index is 9.69. The van der Waals surface area contributed by atoms with Crippen LogP contribution in [0.3, 0.4) is 0 Å². The van der Waals surface area contributed by atoms with Gasteiger partial charge in [-0.1, -0.05) is 13.8 Å². The lowest BCUT2D eigenvalue weighted by Gasteiger charge is -2.13. The SMILES string of the molecule is Cc1sc(CNCC(O)CC(C)C)cc1Br. The Bertz CT molecular complexity index is 305. The van der Waals surface area contributed by atoms with E-state index in [4.69, 9.17) is 0 Å². The van der Waals surface area contributed by atoms with Crippen LogP contribution >= 0.6 is 27.3 Å². The molecular formula is C12H20BrNOS. The molecule has 0 aliphatic rings. The van der Waals surface area contributed by atoms with Gasteiger partial charge in [0.05, 0.1) is 6.10 Å². The van der Waals surface area contributed by atoms with Crippen molar-refractivity contribution in [3.8, 4) is 0 Å². The van der Waals surface area contributed by atoms with E-state index in [2.05, 4.69) is 48.1 Å². The zero-order chi connectivity index (χ0) is 12.1. The van der Waals surface area contributed by atoms with Crippen LogP contribution < -0.4 is 5.32 Å². The van der Waals surface area contributed by atoms with E-state index in [0.717, 1.165) is 13.0 Å². The van der Waals surface area contributed by atoms with Crippen LogP contribution in [0.15, 0.2) is 10.5 Å². The Morgan fingerprint density at radius 3 is 2.69 bits per heavy atom. The number of aliphatic hydroxyl groups excluding tert-OH is 1. The molecule has 1 aromatic heterocycles. The predicted molar refractivity (Wildman–Crippen MR) is 73.9 cm³/mol. The molecule has 0 radical (unpaired) electrons. The first-order valence-electron chi connectivity index (χ1n) is 5.62. The summed E-state index contributed by atoms with van der Waals surface area (Å²) in [6, 6.07) is 2.14. The van der Waals surface area contributed by atoms with Crippen molar-refractivity contribution in [1.82, 2.24) is 5.32 Å². The standard InChI is InChI=1S/C12H20BrNOS/c1-8(2)4-10(15)6-14-7-11-5-12(13)9(3)16-11/h5,8,10,14-15H,4,6-7H2,1-3H3. The molecule has 0 bridgehead atoms. The Hall–Kier alpha value is 0.100. The molecule has 92 valence electrons. The van der Waals surface area contributed by atoms with Crippen molar-refractivity contribution in [3.63, 3.8) is 0 Å². The van der Waals surface area contributed by atoms with Gasteiger partial charge in [-0.25, -0.2) is 0 Å². The van der Waals surface area contributed by atoms with E-state index < -0.39 is 0 Å². The van der Waals surface area contributed by atoms with E-state index >= 15 is 0 Å². The van der Waals surface area contributed by atoms with E-state index in [-0.39, 0.29) is 6.10 Å². The van der Waals surface area contributed by atoms with Crippen molar-refractivity contribution in [2.24, 2.45) is 5.92 Å². The number of hydrogen-bond acceptors (Lipinski definition) is 3. The van der Waals surface area contributed by atoms with Crippen LogP contribution in [0.2, 0.25) is 0 Å². The van der Waals surface area contributed by atoms with Crippen LogP contribution in [0, 0.1) is 12.8 Å². The number of nitrogens with one attached hydrogen (secondary N) is 1. The molecule has 0 spiro atoms. The summed E-state index contributed by atoms with van der Waals surface area (Å²) in [7, 11) is 0. The third kappa shape index (κ3) is 4.95. The van der Waals surface area contributed by atoms with Crippen molar-refractivity contribution in [3.05, 3.63) is 20.3 Å². The molecule has 1 unspecified atom stereocenters. The topological polar surface area (TPSA) is 32.3 Å². The highest BCUT2D eigenvalue weighted by Gasteiger charge is 2.07. The summed E-state index contributed by atoms with van der Waals surface area (Å²) in [6.45, 7) is 7.87. The fourth-order valence-electron chi connectivity index (χ4n) is 1.59. The first-order chi connectivity index (χ1) is 7.49. The van der Waals surface area contributed by atoms with Crippen LogP contribution in [-0.2, 0) is 6.54 Å². The van der Waals surface area contributed by atoms with Gasteiger partial charge in [0.1, 0.15) is 0 Å². The molecule has 0 saturated carbocycles.